The molecule has 0 spiro atoms. The number of hydrogen-bond acceptors (Lipinski definition) is 7. The third kappa shape index (κ3) is 3.77. The van der Waals surface area contributed by atoms with Crippen LogP contribution in [0, 0.1) is 0 Å². The van der Waals surface area contributed by atoms with Crippen LogP contribution in [0.5, 0.6) is 0 Å². The maximum Gasteiger partial charge on any atom is 0.367 e. The number of allylic oxidation sites excluding steroid dienone is 2. The second-order valence-electron chi connectivity index (χ2n) is 7.59. The predicted molar refractivity (Wildman–Crippen MR) is 128 cm³/mol. The molecule has 9 heteroatoms. The molecule has 3 heterocycles. The number of thiazole rings is 1. The van der Waals surface area contributed by atoms with Crippen molar-refractivity contribution in [2.45, 2.75) is 31.1 Å². The van der Waals surface area contributed by atoms with Crippen LogP contribution >= 0.6 is 11.3 Å². The van der Waals surface area contributed by atoms with Crippen LogP contribution in [0.15, 0.2) is 65.1 Å². The molecule has 0 aliphatic heterocycles. The van der Waals surface area contributed by atoms with E-state index in [9.17, 15) is 13.2 Å². The number of carbonyl (C=O) groups is 1. The van der Waals surface area contributed by atoms with Gasteiger partial charge in [0.25, 0.3) is 10.0 Å². The standard InChI is InChI=1S/C24H21N3O4S2/c1-2-31-24(28)23-26-20(15-32-23)19-14-27(33(29,30)17-10-4-3-5-11-17)22-21(19)18(12-13-25-22)16-8-6-7-9-16/h3-5,8,10-15H,2,6-7,9H2,1H3. The number of benzene rings is 1. The number of pyridine rings is 1. The normalized spacial score (nSPS) is 13.9. The van der Waals surface area contributed by atoms with E-state index in [1.165, 1.54) is 20.9 Å². The Bertz CT molecular complexity index is 1480. The van der Waals surface area contributed by atoms with Gasteiger partial charge in [-0.2, -0.15) is 0 Å². The van der Waals surface area contributed by atoms with Gasteiger partial charge in [-0.3, -0.25) is 0 Å². The summed E-state index contributed by atoms with van der Waals surface area (Å²) in [6, 6.07) is 10.2. The molecule has 3 aromatic heterocycles. The number of carbonyl (C=O) groups excluding carboxylic acids is 1. The lowest BCUT2D eigenvalue weighted by Gasteiger charge is -2.08. The second-order valence-corrected chi connectivity index (χ2v) is 10.3. The van der Waals surface area contributed by atoms with Crippen molar-refractivity contribution in [2.24, 2.45) is 0 Å². The highest BCUT2D eigenvalue weighted by Crippen LogP contribution is 2.39. The number of esters is 1. The maximum atomic E-state index is 13.5. The van der Waals surface area contributed by atoms with E-state index in [4.69, 9.17) is 4.74 Å². The molecule has 1 aliphatic rings. The number of rotatable bonds is 6. The molecule has 0 amide bonds. The molecular formula is C24H21N3O4S2. The molecule has 0 fully saturated rings. The largest absolute Gasteiger partial charge is 0.461 e. The summed E-state index contributed by atoms with van der Waals surface area (Å²) < 4.78 is 33.4. The molecule has 168 valence electrons. The zero-order valence-corrected chi connectivity index (χ0v) is 19.5. The van der Waals surface area contributed by atoms with Crippen molar-refractivity contribution in [1.29, 1.82) is 0 Å². The predicted octanol–water partition coefficient (Wildman–Crippen LogP) is 5.14. The Kier molecular flexibility index (Phi) is 5.59. The third-order valence-electron chi connectivity index (χ3n) is 5.57. The molecule has 5 rings (SSSR count). The van der Waals surface area contributed by atoms with E-state index in [0.717, 1.165) is 24.8 Å². The molecule has 0 N–H and O–H groups in total. The van der Waals surface area contributed by atoms with Crippen molar-refractivity contribution >= 4 is 43.9 Å². The summed E-state index contributed by atoms with van der Waals surface area (Å²) >= 11 is 1.17. The fourth-order valence-electron chi connectivity index (χ4n) is 4.08. The summed E-state index contributed by atoms with van der Waals surface area (Å²) in [6.45, 7) is 1.99. The highest BCUT2D eigenvalue weighted by molar-refractivity contribution is 7.90. The molecule has 0 saturated heterocycles. The van der Waals surface area contributed by atoms with Crippen LogP contribution in [-0.4, -0.2) is 34.9 Å². The average molecular weight is 480 g/mol. The number of fused-ring (bicyclic) bond motifs is 1. The number of ether oxygens (including phenoxy) is 1. The number of aromatic nitrogens is 3. The topological polar surface area (TPSA) is 91.1 Å². The lowest BCUT2D eigenvalue weighted by molar-refractivity contribution is 0.0526. The fourth-order valence-corrected chi connectivity index (χ4v) is 6.12. The Hall–Kier alpha value is -3.30. The first-order valence-electron chi connectivity index (χ1n) is 10.6. The molecule has 0 bridgehead atoms. The molecule has 1 aromatic carbocycles. The molecule has 0 atom stereocenters. The molecule has 1 aliphatic carbocycles. The molecule has 4 aromatic rings. The van der Waals surface area contributed by atoms with Crippen LogP contribution in [0.3, 0.4) is 0 Å². The Morgan fingerprint density at radius 2 is 2.00 bits per heavy atom. The summed E-state index contributed by atoms with van der Waals surface area (Å²) in [5.74, 6) is -0.494. The van der Waals surface area contributed by atoms with Gasteiger partial charge in [-0.1, -0.05) is 24.3 Å². The smallest absolute Gasteiger partial charge is 0.367 e. The highest BCUT2D eigenvalue weighted by atomic mass is 32.2. The van der Waals surface area contributed by atoms with Gasteiger partial charge in [-0.05, 0) is 55.5 Å². The van der Waals surface area contributed by atoms with Gasteiger partial charge in [0, 0.05) is 28.7 Å². The monoisotopic (exact) mass is 479 g/mol. The van der Waals surface area contributed by atoms with Crippen molar-refractivity contribution in [1.82, 2.24) is 13.9 Å². The van der Waals surface area contributed by atoms with E-state index >= 15 is 0 Å². The Balaban J connectivity index is 1.76. The zero-order valence-electron chi connectivity index (χ0n) is 17.9. The van der Waals surface area contributed by atoms with Crippen LogP contribution in [0.2, 0.25) is 0 Å². The van der Waals surface area contributed by atoms with E-state index in [2.05, 4.69) is 16.0 Å². The van der Waals surface area contributed by atoms with Gasteiger partial charge in [-0.15, -0.1) is 11.3 Å². The molecule has 0 saturated carbocycles. The SMILES string of the molecule is CCOC(=O)c1nc(-c2cn(S(=O)(=O)c3ccccc3)c3nccc(C4=CCCC4)c23)cs1. The van der Waals surface area contributed by atoms with E-state index in [1.807, 2.05) is 6.07 Å². The number of hydrogen-bond donors (Lipinski definition) is 0. The van der Waals surface area contributed by atoms with Crippen molar-refractivity contribution < 1.29 is 17.9 Å². The van der Waals surface area contributed by atoms with Crippen LogP contribution in [-0.2, 0) is 14.8 Å². The highest BCUT2D eigenvalue weighted by Gasteiger charge is 2.26. The van der Waals surface area contributed by atoms with E-state index < -0.39 is 16.0 Å². The van der Waals surface area contributed by atoms with Gasteiger partial charge in [-0.25, -0.2) is 27.2 Å². The minimum atomic E-state index is -3.89. The summed E-state index contributed by atoms with van der Waals surface area (Å²) in [5, 5.41) is 2.69. The van der Waals surface area contributed by atoms with Crippen LogP contribution in [0.25, 0.3) is 27.9 Å². The zero-order chi connectivity index (χ0) is 23.0. The van der Waals surface area contributed by atoms with E-state index in [1.54, 1.807) is 55.0 Å². The van der Waals surface area contributed by atoms with Gasteiger partial charge in [0.1, 0.15) is 0 Å². The van der Waals surface area contributed by atoms with E-state index in [0.29, 0.717) is 22.3 Å². The van der Waals surface area contributed by atoms with Crippen LogP contribution in [0.4, 0.5) is 0 Å². The van der Waals surface area contributed by atoms with Crippen molar-refractivity contribution in [3.8, 4) is 11.3 Å². The first kappa shape index (κ1) is 21.5. The third-order valence-corrected chi connectivity index (χ3v) is 8.06. The first-order valence-corrected chi connectivity index (χ1v) is 13.0. The Morgan fingerprint density at radius 1 is 1.18 bits per heavy atom. The quantitative estimate of drug-likeness (QED) is 0.356. The molecular weight excluding hydrogens is 458 g/mol. The lowest BCUT2D eigenvalue weighted by Crippen LogP contribution is -2.12. The lowest BCUT2D eigenvalue weighted by atomic mass is 10.00. The van der Waals surface area contributed by atoms with Crippen molar-refractivity contribution in [3.63, 3.8) is 0 Å². The van der Waals surface area contributed by atoms with Crippen molar-refractivity contribution in [3.05, 3.63) is 70.8 Å². The van der Waals surface area contributed by atoms with E-state index in [-0.39, 0.29) is 16.5 Å². The molecule has 33 heavy (non-hydrogen) atoms. The van der Waals surface area contributed by atoms with Gasteiger partial charge in [0.15, 0.2) is 5.65 Å². The Morgan fingerprint density at radius 3 is 2.73 bits per heavy atom. The minimum Gasteiger partial charge on any atom is -0.461 e. The minimum absolute atomic E-state index is 0.172. The van der Waals surface area contributed by atoms with Gasteiger partial charge >= 0.3 is 5.97 Å². The Labute approximate surface area is 195 Å². The second kappa shape index (κ2) is 8.57. The van der Waals surface area contributed by atoms with Crippen LogP contribution < -0.4 is 0 Å². The maximum absolute atomic E-state index is 13.5. The summed E-state index contributed by atoms with van der Waals surface area (Å²) in [5.41, 5.74) is 3.58. The van der Waals surface area contributed by atoms with Gasteiger partial charge in [0.2, 0.25) is 5.01 Å². The average Bonchev–Trinajstić information content (AvgIpc) is 3.59. The van der Waals surface area contributed by atoms with Crippen LogP contribution in [0.1, 0.15) is 41.6 Å². The molecule has 0 radical (unpaired) electrons. The van der Waals surface area contributed by atoms with Gasteiger partial charge in [0.05, 0.1) is 17.2 Å². The number of nitrogens with zero attached hydrogens (tertiary/aromatic N) is 3. The first-order chi connectivity index (χ1) is 16.0. The summed E-state index contributed by atoms with van der Waals surface area (Å²) in [7, 11) is -3.89. The fraction of sp³-hybridized carbons (Fsp3) is 0.208. The molecule has 7 nitrogen and oxygen atoms in total. The van der Waals surface area contributed by atoms with Gasteiger partial charge < -0.3 is 4.74 Å². The molecule has 0 unspecified atom stereocenters. The summed E-state index contributed by atoms with van der Waals surface area (Å²) in [6.07, 6.45) is 8.35. The van der Waals surface area contributed by atoms with Crippen molar-refractivity contribution in [2.75, 3.05) is 6.61 Å². The summed E-state index contributed by atoms with van der Waals surface area (Å²) in [4.78, 5) is 21.3.